The van der Waals surface area contributed by atoms with Gasteiger partial charge in [0.05, 0.1) is 11.0 Å². The first kappa shape index (κ1) is 21.3. The van der Waals surface area contributed by atoms with E-state index < -0.39 is 0 Å². The fourth-order valence-corrected chi connectivity index (χ4v) is 5.94. The highest BCUT2D eigenvalue weighted by atomic mass is 16.6. The van der Waals surface area contributed by atoms with Crippen LogP contribution in [0.2, 0.25) is 0 Å². The highest BCUT2D eigenvalue weighted by Crippen LogP contribution is 2.50. The molecule has 4 heterocycles. The molecule has 2 N–H and O–H groups in total. The van der Waals surface area contributed by atoms with Crippen molar-refractivity contribution < 1.29 is 9.47 Å². The molecule has 3 aromatic rings. The fourth-order valence-electron chi connectivity index (χ4n) is 5.94. The summed E-state index contributed by atoms with van der Waals surface area (Å²) in [6.07, 6.45) is 9.90. The molecule has 0 spiro atoms. The first-order valence-corrected chi connectivity index (χ1v) is 12.0. The number of aromatic nitrogens is 3. The SMILES string of the molecule is CC12CCC(COc3cccc(-c4cn(C5CC(CN=[N+]=[N-])C5)c5ncnc(N)c45)c3)(CC1)O2. The van der Waals surface area contributed by atoms with Crippen LogP contribution < -0.4 is 10.5 Å². The van der Waals surface area contributed by atoms with Gasteiger partial charge in [-0.05, 0) is 74.6 Å². The van der Waals surface area contributed by atoms with Crippen LogP contribution in [0.1, 0.15) is 51.5 Å². The van der Waals surface area contributed by atoms with Gasteiger partial charge < -0.3 is 19.8 Å². The van der Waals surface area contributed by atoms with Crippen LogP contribution in [0.5, 0.6) is 5.75 Å². The lowest BCUT2D eigenvalue weighted by atomic mass is 9.80. The average Bonchev–Trinajstić information content (AvgIpc) is 3.47. The summed E-state index contributed by atoms with van der Waals surface area (Å²) in [5.41, 5.74) is 17.7. The number of fused-ring (bicyclic) bond motifs is 3. The Morgan fingerprint density at radius 2 is 2.09 bits per heavy atom. The van der Waals surface area contributed by atoms with E-state index in [4.69, 9.17) is 20.7 Å². The third-order valence-electron chi connectivity index (χ3n) is 7.97. The van der Waals surface area contributed by atoms with E-state index in [0.717, 1.165) is 66.4 Å². The molecule has 176 valence electrons. The van der Waals surface area contributed by atoms with E-state index in [0.29, 0.717) is 30.9 Å². The standard InChI is InChI=1S/C25H29N7O2/c1-24-5-7-25(34-24,8-6-24)14-33-19-4-2-3-17(11-19)20-13-32(18-9-16(10-18)12-30-31-27)23-21(20)22(26)28-15-29-23/h2-4,11,13,15-16,18H,5-10,12,14H2,1H3,(H2,26,28,29). The molecule has 3 aliphatic rings. The van der Waals surface area contributed by atoms with Gasteiger partial charge in [0, 0.05) is 29.3 Å². The number of hydrogen-bond donors (Lipinski definition) is 1. The molecule has 6 rings (SSSR count). The van der Waals surface area contributed by atoms with Crippen molar-refractivity contribution in [1.82, 2.24) is 14.5 Å². The van der Waals surface area contributed by atoms with Crippen molar-refractivity contribution in [1.29, 1.82) is 0 Å². The van der Waals surface area contributed by atoms with Crippen LogP contribution in [0.4, 0.5) is 5.82 Å². The minimum Gasteiger partial charge on any atom is -0.491 e. The number of rotatable bonds is 7. The second-order valence-corrected chi connectivity index (χ2v) is 10.4. The lowest BCUT2D eigenvalue weighted by Gasteiger charge is -2.35. The maximum Gasteiger partial charge on any atom is 0.146 e. The Balaban J connectivity index is 1.27. The van der Waals surface area contributed by atoms with Gasteiger partial charge in [0.25, 0.3) is 0 Å². The molecule has 0 amide bonds. The molecule has 34 heavy (non-hydrogen) atoms. The molecule has 1 aromatic carbocycles. The molecule has 2 aromatic heterocycles. The zero-order valence-electron chi connectivity index (χ0n) is 19.4. The van der Waals surface area contributed by atoms with Crippen molar-refractivity contribution in [2.24, 2.45) is 11.0 Å². The first-order valence-electron chi connectivity index (χ1n) is 12.0. The highest BCUT2D eigenvalue weighted by molar-refractivity contribution is 6.00. The number of nitrogen functional groups attached to an aromatic ring is 1. The molecule has 1 aliphatic carbocycles. The van der Waals surface area contributed by atoms with E-state index in [1.807, 2.05) is 12.1 Å². The summed E-state index contributed by atoms with van der Waals surface area (Å²) in [5.74, 6) is 1.70. The third-order valence-corrected chi connectivity index (χ3v) is 7.97. The molecule has 1 saturated carbocycles. The normalized spacial score (nSPS) is 29.7. The average molecular weight is 460 g/mol. The molecule has 2 aliphatic heterocycles. The summed E-state index contributed by atoms with van der Waals surface area (Å²) < 4.78 is 14.8. The summed E-state index contributed by atoms with van der Waals surface area (Å²) >= 11 is 0. The van der Waals surface area contributed by atoms with Crippen LogP contribution in [-0.4, -0.2) is 38.9 Å². The van der Waals surface area contributed by atoms with Crippen molar-refractivity contribution in [2.45, 2.75) is 62.7 Å². The molecule has 0 atom stereocenters. The van der Waals surface area contributed by atoms with Crippen molar-refractivity contribution in [3.05, 3.63) is 47.2 Å². The number of ether oxygens (including phenoxy) is 2. The minimum atomic E-state index is -0.143. The molecular formula is C25H29N7O2. The predicted molar refractivity (Wildman–Crippen MR) is 129 cm³/mol. The summed E-state index contributed by atoms with van der Waals surface area (Å²) in [5, 5.41) is 4.59. The Hall–Kier alpha value is -3.29. The number of azide groups is 1. The molecule has 3 fully saturated rings. The fraction of sp³-hybridized carbons (Fsp3) is 0.520. The summed E-state index contributed by atoms with van der Waals surface area (Å²) in [4.78, 5) is 11.7. The lowest BCUT2D eigenvalue weighted by molar-refractivity contribution is -0.0597. The number of hydrogen-bond acceptors (Lipinski definition) is 6. The zero-order chi connectivity index (χ0) is 23.3. The van der Waals surface area contributed by atoms with Crippen LogP contribution in [0, 0.1) is 5.92 Å². The van der Waals surface area contributed by atoms with Crippen LogP contribution in [0.3, 0.4) is 0 Å². The van der Waals surface area contributed by atoms with E-state index in [1.165, 1.54) is 6.33 Å². The summed E-state index contributed by atoms with van der Waals surface area (Å²) in [6.45, 7) is 3.33. The second kappa shape index (κ2) is 7.89. The maximum absolute atomic E-state index is 8.59. The van der Waals surface area contributed by atoms with Crippen molar-refractivity contribution in [3.8, 4) is 16.9 Å². The molecule has 0 unspecified atom stereocenters. The minimum absolute atomic E-state index is 0.0338. The van der Waals surface area contributed by atoms with Gasteiger partial charge in [-0.25, -0.2) is 9.97 Å². The Morgan fingerprint density at radius 3 is 2.82 bits per heavy atom. The summed E-state index contributed by atoms with van der Waals surface area (Å²) in [7, 11) is 0. The Morgan fingerprint density at radius 1 is 1.26 bits per heavy atom. The van der Waals surface area contributed by atoms with E-state index in [9.17, 15) is 0 Å². The second-order valence-electron chi connectivity index (χ2n) is 10.4. The van der Waals surface area contributed by atoms with Gasteiger partial charge in [-0.2, -0.15) is 0 Å². The molecule has 2 saturated heterocycles. The number of benzene rings is 1. The van der Waals surface area contributed by atoms with Crippen LogP contribution in [0.25, 0.3) is 32.6 Å². The van der Waals surface area contributed by atoms with Crippen LogP contribution in [0.15, 0.2) is 41.9 Å². The number of nitrogens with zero attached hydrogens (tertiary/aromatic N) is 6. The Kier molecular flexibility index (Phi) is 4.93. The monoisotopic (exact) mass is 459 g/mol. The van der Waals surface area contributed by atoms with Crippen LogP contribution in [-0.2, 0) is 4.74 Å². The molecule has 2 bridgehead atoms. The van der Waals surface area contributed by atoms with Crippen molar-refractivity contribution >= 4 is 16.9 Å². The van der Waals surface area contributed by atoms with E-state index in [2.05, 4.69) is 49.8 Å². The maximum atomic E-state index is 8.59. The number of nitrogens with two attached hydrogens (primary N) is 1. The van der Waals surface area contributed by atoms with Gasteiger partial charge >= 0.3 is 0 Å². The van der Waals surface area contributed by atoms with E-state index >= 15 is 0 Å². The molecule has 0 radical (unpaired) electrons. The Labute approximate surface area is 197 Å². The zero-order valence-corrected chi connectivity index (χ0v) is 19.4. The number of anilines is 1. The quantitative estimate of drug-likeness (QED) is 0.287. The predicted octanol–water partition coefficient (Wildman–Crippen LogP) is 5.42. The van der Waals surface area contributed by atoms with Crippen molar-refractivity contribution in [2.75, 3.05) is 18.9 Å². The van der Waals surface area contributed by atoms with Crippen LogP contribution >= 0.6 is 0 Å². The molecule has 9 heteroatoms. The van der Waals surface area contributed by atoms with Gasteiger partial charge in [0.2, 0.25) is 0 Å². The van der Waals surface area contributed by atoms with Gasteiger partial charge in [-0.15, -0.1) is 0 Å². The van der Waals surface area contributed by atoms with Crippen molar-refractivity contribution in [3.63, 3.8) is 0 Å². The van der Waals surface area contributed by atoms with Gasteiger partial charge in [-0.1, -0.05) is 17.2 Å². The summed E-state index contributed by atoms with van der Waals surface area (Å²) in [6, 6.07) is 8.45. The van der Waals surface area contributed by atoms with Gasteiger partial charge in [0.1, 0.15) is 35.7 Å². The molecular weight excluding hydrogens is 430 g/mol. The van der Waals surface area contributed by atoms with Gasteiger partial charge in [0.15, 0.2) is 0 Å². The van der Waals surface area contributed by atoms with Gasteiger partial charge in [-0.3, -0.25) is 0 Å². The highest BCUT2D eigenvalue weighted by Gasteiger charge is 2.53. The first-order chi connectivity index (χ1) is 16.5. The topological polar surface area (TPSA) is 124 Å². The molecule has 9 nitrogen and oxygen atoms in total. The smallest absolute Gasteiger partial charge is 0.146 e. The lowest BCUT2D eigenvalue weighted by Crippen LogP contribution is -2.32. The van der Waals surface area contributed by atoms with E-state index in [-0.39, 0.29) is 11.2 Å². The Bertz CT molecular complexity index is 1280. The third kappa shape index (κ3) is 3.56. The van der Waals surface area contributed by atoms with E-state index in [1.54, 1.807) is 0 Å². The largest absolute Gasteiger partial charge is 0.491 e.